The second kappa shape index (κ2) is 8.56. The van der Waals surface area contributed by atoms with E-state index < -0.39 is 0 Å². The third-order valence-electron chi connectivity index (χ3n) is 6.42. The number of ether oxygens (including phenoxy) is 3. The minimum absolute atomic E-state index is 0.302. The standard InChI is InChI=1S/C22H28N6O5/c1-24-19-18(20(29)28(22(24)30)7-6-25-10-12-33-13-11-25)27-9-8-26(21(27)23-19)16-5-4-15(31-2)14-17(16)32-3/h4-5,14H,6-13H2,1-3H3. The molecule has 176 valence electrons. The molecule has 5 rings (SSSR count). The van der Waals surface area contributed by atoms with E-state index in [2.05, 4.69) is 4.90 Å². The van der Waals surface area contributed by atoms with Gasteiger partial charge in [-0.3, -0.25) is 18.8 Å². The molecule has 0 aliphatic carbocycles. The highest BCUT2D eigenvalue weighted by molar-refractivity contribution is 5.79. The van der Waals surface area contributed by atoms with Gasteiger partial charge in [0.15, 0.2) is 11.2 Å². The van der Waals surface area contributed by atoms with E-state index in [1.807, 2.05) is 27.7 Å². The van der Waals surface area contributed by atoms with Crippen molar-refractivity contribution in [1.82, 2.24) is 23.6 Å². The largest absolute Gasteiger partial charge is 0.497 e. The quantitative estimate of drug-likeness (QED) is 0.526. The van der Waals surface area contributed by atoms with Crippen LogP contribution >= 0.6 is 0 Å². The van der Waals surface area contributed by atoms with Crippen LogP contribution in [-0.2, 0) is 24.9 Å². The Balaban J connectivity index is 1.55. The molecule has 0 bridgehead atoms. The lowest BCUT2D eigenvalue weighted by molar-refractivity contribution is 0.0361. The van der Waals surface area contributed by atoms with Gasteiger partial charge in [-0.2, -0.15) is 4.98 Å². The average molecular weight is 457 g/mol. The molecule has 0 spiro atoms. The van der Waals surface area contributed by atoms with E-state index in [9.17, 15) is 9.59 Å². The Hall–Kier alpha value is -3.31. The number of nitrogens with zero attached hydrogens (tertiary/aromatic N) is 6. The molecule has 4 heterocycles. The van der Waals surface area contributed by atoms with E-state index in [0.29, 0.717) is 68.0 Å². The lowest BCUT2D eigenvalue weighted by Gasteiger charge is -2.26. The minimum atomic E-state index is -0.355. The number of aryl methyl sites for hydroxylation is 1. The lowest BCUT2D eigenvalue weighted by atomic mass is 10.2. The van der Waals surface area contributed by atoms with Crippen molar-refractivity contribution in [3.05, 3.63) is 39.0 Å². The number of fused-ring (bicyclic) bond motifs is 3. The van der Waals surface area contributed by atoms with Crippen molar-refractivity contribution < 1.29 is 14.2 Å². The predicted molar refractivity (Wildman–Crippen MR) is 123 cm³/mol. The molecule has 0 N–H and O–H groups in total. The third kappa shape index (κ3) is 3.57. The number of anilines is 2. The summed E-state index contributed by atoms with van der Waals surface area (Å²) in [4.78, 5) is 35.4. The maximum Gasteiger partial charge on any atom is 0.332 e. The van der Waals surface area contributed by atoms with Crippen LogP contribution in [0, 0.1) is 0 Å². The second-order valence-electron chi connectivity index (χ2n) is 8.18. The molecule has 2 aromatic heterocycles. The summed E-state index contributed by atoms with van der Waals surface area (Å²) in [5.74, 6) is 1.95. The highest BCUT2D eigenvalue weighted by Gasteiger charge is 2.30. The van der Waals surface area contributed by atoms with Crippen molar-refractivity contribution in [3.63, 3.8) is 0 Å². The van der Waals surface area contributed by atoms with E-state index in [1.165, 1.54) is 9.13 Å². The number of morpholine rings is 1. The Morgan fingerprint density at radius 3 is 2.55 bits per heavy atom. The number of hydrogen-bond donors (Lipinski definition) is 0. The molecule has 0 radical (unpaired) electrons. The van der Waals surface area contributed by atoms with Crippen LogP contribution in [0.4, 0.5) is 11.6 Å². The summed E-state index contributed by atoms with van der Waals surface area (Å²) in [5.41, 5.74) is 1.00. The Morgan fingerprint density at radius 2 is 1.82 bits per heavy atom. The van der Waals surface area contributed by atoms with Gasteiger partial charge in [0.2, 0.25) is 5.95 Å². The fourth-order valence-electron chi connectivity index (χ4n) is 4.58. The molecule has 0 amide bonds. The van der Waals surface area contributed by atoms with Gasteiger partial charge in [0.25, 0.3) is 5.56 Å². The monoisotopic (exact) mass is 456 g/mol. The van der Waals surface area contributed by atoms with Crippen molar-refractivity contribution in [2.24, 2.45) is 7.05 Å². The van der Waals surface area contributed by atoms with Crippen LogP contribution in [0.1, 0.15) is 0 Å². The molecule has 11 nitrogen and oxygen atoms in total. The van der Waals surface area contributed by atoms with Crippen LogP contribution in [0.25, 0.3) is 11.2 Å². The molecular weight excluding hydrogens is 428 g/mol. The van der Waals surface area contributed by atoms with E-state index >= 15 is 0 Å². The molecule has 2 aliphatic heterocycles. The number of benzene rings is 1. The first-order chi connectivity index (χ1) is 16.0. The number of imidazole rings is 1. The van der Waals surface area contributed by atoms with Crippen molar-refractivity contribution >= 4 is 22.8 Å². The Labute approximate surface area is 190 Å². The maximum absolute atomic E-state index is 13.4. The number of aromatic nitrogens is 4. The smallest absolute Gasteiger partial charge is 0.332 e. The summed E-state index contributed by atoms with van der Waals surface area (Å²) < 4.78 is 20.9. The zero-order valence-corrected chi connectivity index (χ0v) is 19.1. The van der Waals surface area contributed by atoms with Crippen LogP contribution in [0.15, 0.2) is 27.8 Å². The van der Waals surface area contributed by atoms with Gasteiger partial charge in [0, 0.05) is 52.4 Å². The minimum Gasteiger partial charge on any atom is -0.497 e. The van der Waals surface area contributed by atoms with Gasteiger partial charge < -0.3 is 23.7 Å². The predicted octanol–water partition coefficient (Wildman–Crippen LogP) is 0.398. The Bertz CT molecular complexity index is 1300. The highest BCUT2D eigenvalue weighted by atomic mass is 16.5. The molecule has 11 heteroatoms. The van der Waals surface area contributed by atoms with Gasteiger partial charge in [-0.05, 0) is 12.1 Å². The highest BCUT2D eigenvalue weighted by Crippen LogP contribution is 2.39. The molecule has 1 aromatic carbocycles. The molecule has 33 heavy (non-hydrogen) atoms. The molecule has 1 saturated heterocycles. The fraction of sp³-hybridized carbons (Fsp3) is 0.500. The maximum atomic E-state index is 13.4. The van der Waals surface area contributed by atoms with E-state index in [0.717, 1.165) is 18.8 Å². The molecule has 2 aliphatic rings. The number of rotatable bonds is 6. The van der Waals surface area contributed by atoms with Gasteiger partial charge in [-0.15, -0.1) is 0 Å². The average Bonchev–Trinajstić information content (AvgIpc) is 3.42. The fourth-order valence-corrected chi connectivity index (χ4v) is 4.58. The second-order valence-corrected chi connectivity index (χ2v) is 8.18. The number of methoxy groups -OCH3 is 2. The SMILES string of the molecule is COc1ccc(N2CCn3c2nc2c3c(=O)n(CCN3CCOCC3)c(=O)n2C)c(OC)c1. The van der Waals surface area contributed by atoms with E-state index in [4.69, 9.17) is 19.2 Å². The van der Waals surface area contributed by atoms with Crippen molar-refractivity contribution in [1.29, 1.82) is 0 Å². The molecular formula is C22H28N6O5. The van der Waals surface area contributed by atoms with Crippen LogP contribution in [-0.4, -0.2) is 77.2 Å². The van der Waals surface area contributed by atoms with E-state index in [-0.39, 0.29) is 11.2 Å². The molecule has 1 fully saturated rings. The summed E-state index contributed by atoms with van der Waals surface area (Å²) in [6.07, 6.45) is 0. The van der Waals surface area contributed by atoms with Crippen LogP contribution in [0.3, 0.4) is 0 Å². The first-order valence-corrected chi connectivity index (χ1v) is 11.0. The lowest BCUT2D eigenvalue weighted by Crippen LogP contribution is -2.44. The Kier molecular flexibility index (Phi) is 5.59. The van der Waals surface area contributed by atoms with Crippen LogP contribution in [0.2, 0.25) is 0 Å². The summed E-state index contributed by atoms with van der Waals surface area (Å²) in [5, 5.41) is 0. The van der Waals surface area contributed by atoms with E-state index in [1.54, 1.807) is 21.3 Å². The van der Waals surface area contributed by atoms with Gasteiger partial charge in [0.1, 0.15) is 11.5 Å². The third-order valence-corrected chi connectivity index (χ3v) is 6.42. The van der Waals surface area contributed by atoms with Gasteiger partial charge >= 0.3 is 5.69 Å². The normalized spacial score (nSPS) is 16.4. The zero-order chi connectivity index (χ0) is 23.1. The van der Waals surface area contributed by atoms with Crippen molar-refractivity contribution in [3.8, 4) is 11.5 Å². The summed E-state index contributed by atoms with van der Waals surface area (Å²) in [6, 6.07) is 5.58. The Morgan fingerprint density at radius 1 is 1.03 bits per heavy atom. The zero-order valence-electron chi connectivity index (χ0n) is 19.1. The molecule has 0 saturated carbocycles. The van der Waals surface area contributed by atoms with Gasteiger partial charge in [-0.1, -0.05) is 0 Å². The molecule has 0 unspecified atom stereocenters. The van der Waals surface area contributed by atoms with Crippen molar-refractivity contribution in [2.45, 2.75) is 13.1 Å². The first-order valence-electron chi connectivity index (χ1n) is 11.0. The number of hydrogen-bond acceptors (Lipinski definition) is 8. The summed E-state index contributed by atoms with van der Waals surface area (Å²) in [6.45, 7) is 5.13. The van der Waals surface area contributed by atoms with Gasteiger partial charge in [0.05, 0.1) is 33.1 Å². The molecule has 0 atom stereocenters. The van der Waals surface area contributed by atoms with Crippen molar-refractivity contribution in [2.75, 3.05) is 58.5 Å². The topological polar surface area (TPSA) is 96.0 Å². The summed E-state index contributed by atoms with van der Waals surface area (Å²) in [7, 11) is 4.87. The van der Waals surface area contributed by atoms with Crippen LogP contribution in [0.5, 0.6) is 11.5 Å². The summed E-state index contributed by atoms with van der Waals surface area (Å²) >= 11 is 0. The van der Waals surface area contributed by atoms with Gasteiger partial charge in [-0.25, -0.2) is 4.79 Å². The van der Waals surface area contributed by atoms with Crippen LogP contribution < -0.4 is 25.6 Å². The first kappa shape index (κ1) is 21.5. The molecule has 3 aromatic rings.